The third-order valence-corrected chi connectivity index (χ3v) is 7.30. The zero-order valence-corrected chi connectivity index (χ0v) is 20.6. The second-order valence-electron chi connectivity index (χ2n) is 7.48. The molecule has 1 aromatic heterocycles. The number of benzene rings is 2. The highest BCUT2D eigenvalue weighted by Gasteiger charge is 2.31. The van der Waals surface area contributed by atoms with Gasteiger partial charge in [-0.05, 0) is 30.0 Å². The minimum atomic E-state index is -0.124. The monoisotopic (exact) mass is 493 g/mol. The summed E-state index contributed by atoms with van der Waals surface area (Å²) in [5.74, 6) is -0.224. The molecule has 0 atom stereocenters. The average molecular weight is 494 g/mol. The van der Waals surface area contributed by atoms with Crippen LogP contribution >= 0.6 is 35.3 Å². The quantitative estimate of drug-likeness (QED) is 0.308. The number of nitrogens with one attached hydrogen (secondary N) is 1. The molecule has 33 heavy (non-hydrogen) atoms. The lowest BCUT2D eigenvalue weighted by Gasteiger charge is -2.13. The van der Waals surface area contributed by atoms with E-state index in [1.54, 1.807) is 4.90 Å². The van der Waals surface area contributed by atoms with Gasteiger partial charge in [-0.3, -0.25) is 14.5 Å². The lowest BCUT2D eigenvalue weighted by Crippen LogP contribution is -2.29. The van der Waals surface area contributed by atoms with Crippen molar-refractivity contribution in [3.05, 3.63) is 76.0 Å². The van der Waals surface area contributed by atoms with Crippen LogP contribution in [0.5, 0.6) is 0 Å². The molecule has 2 aromatic carbocycles. The second kappa shape index (κ2) is 10.9. The maximum atomic E-state index is 12.8. The molecule has 0 aliphatic carbocycles. The lowest BCUT2D eigenvalue weighted by atomic mass is 10.1. The van der Waals surface area contributed by atoms with Crippen molar-refractivity contribution in [2.24, 2.45) is 0 Å². The van der Waals surface area contributed by atoms with E-state index in [0.29, 0.717) is 27.3 Å². The minimum absolute atomic E-state index is 0.0996. The number of aryl methyl sites for hydroxylation is 1. The Balaban J connectivity index is 1.28. The standard InChI is InChI=1S/C25H23N3O2S3/c1-2-17-10-12-18(13-11-17)15-21-23(30)28(25(31)33-21)14-6-9-22(29)27-24-26-20(16-32-24)19-7-4-3-5-8-19/h3-5,7-8,10-13,15-16H,2,6,9,14H2,1H3,(H,26,27,29)/b21-15-. The van der Waals surface area contributed by atoms with Gasteiger partial charge in [0.15, 0.2) is 5.13 Å². The van der Waals surface area contributed by atoms with E-state index in [9.17, 15) is 9.59 Å². The Labute approximate surface area is 206 Å². The fourth-order valence-electron chi connectivity index (χ4n) is 3.35. The maximum Gasteiger partial charge on any atom is 0.266 e. The molecular weight excluding hydrogens is 470 g/mol. The van der Waals surface area contributed by atoms with Gasteiger partial charge in [0.2, 0.25) is 5.91 Å². The van der Waals surface area contributed by atoms with Gasteiger partial charge >= 0.3 is 0 Å². The van der Waals surface area contributed by atoms with Crippen molar-refractivity contribution in [1.29, 1.82) is 0 Å². The van der Waals surface area contributed by atoms with Crippen molar-refractivity contribution < 1.29 is 9.59 Å². The normalized spacial score (nSPS) is 14.8. The first kappa shape index (κ1) is 23.4. The number of thiocarbonyl (C=S) groups is 1. The van der Waals surface area contributed by atoms with Crippen molar-refractivity contribution in [1.82, 2.24) is 9.88 Å². The molecule has 1 fully saturated rings. The lowest BCUT2D eigenvalue weighted by molar-refractivity contribution is -0.122. The molecule has 2 amide bonds. The highest BCUT2D eigenvalue weighted by Crippen LogP contribution is 2.33. The van der Waals surface area contributed by atoms with Gasteiger partial charge in [-0.25, -0.2) is 4.98 Å². The van der Waals surface area contributed by atoms with Crippen LogP contribution in [0, 0.1) is 0 Å². The van der Waals surface area contributed by atoms with Crippen LogP contribution in [-0.2, 0) is 16.0 Å². The summed E-state index contributed by atoms with van der Waals surface area (Å²) in [6.07, 6.45) is 3.66. The van der Waals surface area contributed by atoms with Crippen molar-refractivity contribution in [2.75, 3.05) is 11.9 Å². The SMILES string of the molecule is CCc1ccc(/C=C2\SC(=S)N(CCCC(=O)Nc3nc(-c4ccccc4)cs3)C2=O)cc1. The summed E-state index contributed by atoms with van der Waals surface area (Å²) in [6.45, 7) is 2.52. The first-order valence-electron chi connectivity index (χ1n) is 10.7. The highest BCUT2D eigenvalue weighted by molar-refractivity contribution is 8.26. The first-order chi connectivity index (χ1) is 16.0. The molecular formula is C25H23N3O2S3. The number of thiazole rings is 1. The number of nitrogens with zero attached hydrogens (tertiary/aromatic N) is 2. The molecule has 1 N–H and O–H groups in total. The number of carbonyl (C=O) groups excluding carboxylic acids is 2. The first-order valence-corrected chi connectivity index (χ1v) is 12.8. The number of thioether (sulfide) groups is 1. The summed E-state index contributed by atoms with van der Waals surface area (Å²) in [7, 11) is 0. The van der Waals surface area contributed by atoms with Crippen LogP contribution in [0.2, 0.25) is 0 Å². The fourth-order valence-corrected chi connectivity index (χ4v) is 5.39. The Morgan fingerprint density at radius 2 is 1.91 bits per heavy atom. The molecule has 0 radical (unpaired) electrons. The molecule has 0 spiro atoms. The highest BCUT2D eigenvalue weighted by atomic mass is 32.2. The summed E-state index contributed by atoms with van der Waals surface area (Å²) in [6, 6.07) is 18.0. The molecule has 5 nitrogen and oxygen atoms in total. The molecule has 1 aliphatic rings. The van der Waals surface area contributed by atoms with Gasteiger partial charge < -0.3 is 5.32 Å². The Kier molecular flexibility index (Phi) is 7.69. The smallest absolute Gasteiger partial charge is 0.266 e. The number of aromatic nitrogens is 1. The van der Waals surface area contributed by atoms with Gasteiger partial charge in [-0.15, -0.1) is 11.3 Å². The Bertz CT molecular complexity index is 1190. The molecule has 168 valence electrons. The largest absolute Gasteiger partial charge is 0.302 e. The van der Waals surface area contributed by atoms with Crippen LogP contribution in [0.1, 0.15) is 30.9 Å². The fraction of sp³-hybridized carbons (Fsp3) is 0.200. The van der Waals surface area contributed by atoms with Crippen molar-refractivity contribution >= 4 is 62.7 Å². The second-order valence-corrected chi connectivity index (χ2v) is 10.0. The van der Waals surface area contributed by atoms with Crippen LogP contribution in [0.15, 0.2) is 64.9 Å². The molecule has 8 heteroatoms. The van der Waals surface area contributed by atoms with Gasteiger partial charge in [0.1, 0.15) is 4.32 Å². The molecule has 1 saturated heterocycles. The summed E-state index contributed by atoms with van der Waals surface area (Å²) in [4.78, 5) is 31.8. The Morgan fingerprint density at radius 1 is 1.15 bits per heavy atom. The molecule has 4 rings (SSSR count). The van der Waals surface area contributed by atoms with E-state index in [1.165, 1.54) is 28.7 Å². The molecule has 1 aliphatic heterocycles. The van der Waals surface area contributed by atoms with Crippen LogP contribution < -0.4 is 5.32 Å². The van der Waals surface area contributed by atoms with Crippen LogP contribution in [0.4, 0.5) is 5.13 Å². The zero-order valence-electron chi connectivity index (χ0n) is 18.1. The summed E-state index contributed by atoms with van der Waals surface area (Å²) in [5, 5.41) is 5.34. The van der Waals surface area contributed by atoms with Gasteiger partial charge in [0.25, 0.3) is 5.91 Å². The van der Waals surface area contributed by atoms with Crippen LogP contribution in [0.3, 0.4) is 0 Å². The summed E-state index contributed by atoms with van der Waals surface area (Å²) < 4.78 is 0.532. The van der Waals surface area contributed by atoms with E-state index in [0.717, 1.165) is 23.2 Å². The van der Waals surface area contributed by atoms with Gasteiger partial charge in [-0.2, -0.15) is 0 Å². The molecule has 0 bridgehead atoms. The van der Waals surface area contributed by atoms with E-state index in [4.69, 9.17) is 12.2 Å². The Hall–Kier alpha value is -2.81. The van der Waals surface area contributed by atoms with E-state index >= 15 is 0 Å². The maximum absolute atomic E-state index is 12.8. The Morgan fingerprint density at radius 3 is 2.64 bits per heavy atom. The number of amides is 2. The third kappa shape index (κ3) is 5.96. The predicted molar refractivity (Wildman–Crippen MR) is 141 cm³/mol. The molecule has 0 unspecified atom stereocenters. The van der Waals surface area contributed by atoms with Gasteiger partial charge in [-0.1, -0.05) is 85.5 Å². The molecule has 0 saturated carbocycles. The van der Waals surface area contributed by atoms with E-state index in [-0.39, 0.29) is 18.2 Å². The van der Waals surface area contributed by atoms with E-state index in [1.807, 2.05) is 53.9 Å². The average Bonchev–Trinajstić information content (AvgIpc) is 3.40. The van der Waals surface area contributed by atoms with Crippen LogP contribution in [0.25, 0.3) is 17.3 Å². The van der Waals surface area contributed by atoms with E-state index in [2.05, 4.69) is 29.4 Å². The topological polar surface area (TPSA) is 62.3 Å². The number of hydrogen-bond acceptors (Lipinski definition) is 6. The van der Waals surface area contributed by atoms with Gasteiger partial charge in [0.05, 0.1) is 10.6 Å². The van der Waals surface area contributed by atoms with Crippen LogP contribution in [-0.4, -0.2) is 32.6 Å². The number of carbonyl (C=O) groups is 2. The third-order valence-electron chi connectivity index (χ3n) is 5.16. The van der Waals surface area contributed by atoms with Gasteiger partial charge in [0, 0.05) is 23.9 Å². The van der Waals surface area contributed by atoms with Crippen molar-refractivity contribution in [3.8, 4) is 11.3 Å². The summed E-state index contributed by atoms with van der Waals surface area (Å²) in [5.41, 5.74) is 4.08. The number of rotatable bonds is 8. The van der Waals surface area contributed by atoms with E-state index < -0.39 is 0 Å². The molecule has 3 aromatic rings. The zero-order chi connectivity index (χ0) is 23.2. The number of hydrogen-bond donors (Lipinski definition) is 1. The summed E-state index contributed by atoms with van der Waals surface area (Å²) >= 11 is 8.11. The minimum Gasteiger partial charge on any atom is -0.302 e. The van der Waals surface area contributed by atoms with Crippen molar-refractivity contribution in [3.63, 3.8) is 0 Å². The molecule has 2 heterocycles. The predicted octanol–water partition coefficient (Wildman–Crippen LogP) is 5.99. The number of anilines is 1. The van der Waals surface area contributed by atoms with Crippen molar-refractivity contribution in [2.45, 2.75) is 26.2 Å².